The Hall–Kier alpha value is -1.44. The SMILES string of the molecule is C=c1c(C)c(O)c(=C)c(C)c1O. The number of phenols is 2. The molecule has 64 valence electrons. The summed E-state index contributed by atoms with van der Waals surface area (Å²) in [5.41, 5.74) is 1.17. The third-order valence-electron chi connectivity index (χ3n) is 2.19. The Balaban J connectivity index is 3.86. The fraction of sp³-hybridized carbons (Fsp3) is 0.200. The summed E-state index contributed by atoms with van der Waals surface area (Å²) in [6.45, 7) is 10.7. The number of rotatable bonds is 0. The van der Waals surface area contributed by atoms with Crippen LogP contribution in [0.15, 0.2) is 0 Å². The van der Waals surface area contributed by atoms with Crippen LogP contribution in [0.3, 0.4) is 0 Å². The average molecular weight is 164 g/mol. The lowest BCUT2D eigenvalue weighted by atomic mass is 10.1. The summed E-state index contributed by atoms with van der Waals surface area (Å²) in [4.78, 5) is 0. The first-order chi connectivity index (χ1) is 5.46. The number of hydrogen-bond donors (Lipinski definition) is 2. The molecule has 0 radical (unpaired) electrons. The van der Waals surface area contributed by atoms with Crippen LogP contribution >= 0.6 is 0 Å². The van der Waals surface area contributed by atoms with Gasteiger partial charge in [-0.15, -0.1) is 0 Å². The molecule has 0 heterocycles. The maximum absolute atomic E-state index is 9.48. The molecule has 0 aliphatic heterocycles. The van der Waals surface area contributed by atoms with E-state index in [0.717, 1.165) is 0 Å². The van der Waals surface area contributed by atoms with Gasteiger partial charge in [-0.25, -0.2) is 0 Å². The molecule has 0 aromatic heterocycles. The van der Waals surface area contributed by atoms with Gasteiger partial charge in [0.25, 0.3) is 0 Å². The van der Waals surface area contributed by atoms with Crippen LogP contribution < -0.4 is 10.4 Å². The number of benzene rings is 1. The second-order valence-corrected chi connectivity index (χ2v) is 2.90. The van der Waals surface area contributed by atoms with Crippen LogP contribution in [0.25, 0.3) is 13.2 Å². The highest BCUT2D eigenvalue weighted by molar-refractivity contribution is 5.48. The molecule has 1 rings (SSSR count). The number of hydrogen-bond acceptors (Lipinski definition) is 2. The third kappa shape index (κ3) is 0.961. The van der Waals surface area contributed by atoms with Crippen molar-refractivity contribution in [3.05, 3.63) is 21.6 Å². The fourth-order valence-electron chi connectivity index (χ4n) is 1.09. The Morgan fingerprint density at radius 1 is 0.833 bits per heavy atom. The summed E-state index contributed by atoms with van der Waals surface area (Å²) in [5, 5.41) is 19.9. The van der Waals surface area contributed by atoms with Crippen molar-refractivity contribution < 1.29 is 10.2 Å². The molecule has 0 bridgehead atoms. The van der Waals surface area contributed by atoms with E-state index in [1.54, 1.807) is 13.8 Å². The van der Waals surface area contributed by atoms with Crippen LogP contribution in [0.2, 0.25) is 0 Å². The molecule has 0 saturated heterocycles. The predicted octanol–water partition coefficient (Wildman–Crippen LogP) is 0.535. The molecule has 0 aliphatic carbocycles. The van der Waals surface area contributed by atoms with Gasteiger partial charge in [-0.3, -0.25) is 0 Å². The van der Waals surface area contributed by atoms with E-state index in [4.69, 9.17) is 0 Å². The summed E-state index contributed by atoms with van der Waals surface area (Å²) in [6.07, 6.45) is 0. The van der Waals surface area contributed by atoms with Crippen molar-refractivity contribution in [3.63, 3.8) is 0 Å². The van der Waals surface area contributed by atoms with E-state index in [1.165, 1.54) is 0 Å². The quantitative estimate of drug-likeness (QED) is 0.549. The molecule has 2 heteroatoms. The first kappa shape index (κ1) is 8.65. The second kappa shape index (κ2) is 2.55. The van der Waals surface area contributed by atoms with Crippen molar-refractivity contribution in [2.45, 2.75) is 13.8 Å². The van der Waals surface area contributed by atoms with E-state index >= 15 is 0 Å². The van der Waals surface area contributed by atoms with Gasteiger partial charge in [0.05, 0.1) is 0 Å². The highest BCUT2D eigenvalue weighted by Crippen LogP contribution is 2.13. The summed E-state index contributed by atoms with van der Waals surface area (Å²) >= 11 is 0. The minimum Gasteiger partial charge on any atom is -0.507 e. The standard InChI is InChI=1S/C10H12O2/c1-5-6(2)10(12)8(4)7(3)9(5)11/h11-12H,1,4H2,2-3H3. The monoisotopic (exact) mass is 164 g/mol. The van der Waals surface area contributed by atoms with E-state index in [1.807, 2.05) is 0 Å². The summed E-state index contributed by atoms with van der Waals surface area (Å²) in [6, 6.07) is 0. The highest BCUT2D eigenvalue weighted by Gasteiger charge is 2.06. The van der Waals surface area contributed by atoms with Crippen molar-refractivity contribution in [2.75, 3.05) is 0 Å². The maximum atomic E-state index is 9.48. The van der Waals surface area contributed by atoms with E-state index in [2.05, 4.69) is 13.2 Å². The van der Waals surface area contributed by atoms with Crippen molar-refractivity contribution in [1.29, 1.82) is 0 Å². The van der Waals surface area contributed by atoms with Gasteiger partial charge >= 0.3 is 0 Å². The zero-order valence-electron chi connectivity index (χ0n) is 7.31. The predicted molar refractivity (Wildman–Crippen MR) is 49.5 cm³/mol. The molecule has 0 amide bonds. The molecule has 2 nitrogen and oxygen atoms in total. The lowest BCUT2D eigenvalue weighted by molar-refractivity contribution is 0.446. The zero-order chi connectivity index (χ0) is 9.46. The van der Waals surface area contributed by atoms with Gasteiger partial charge in [0, 0.05) is 21.6 Å². The Labute approximate surface area is 71.1 Å². The minimum atomic E-state index is 0.121. The van der Waals surface area contributed by atoms with E-state index < -0.39 is 0 Å². The van der Waals surface area contributed by atoms with Crippen molar-refractivity contribution in [1.82, 2.24) is 0 Å². The molecule has 1 aromatic carbocycles. The van der Waals surface area contributed by atoms with Gasteiger partial charge in [-0.1, -0.05) is 13.2 Å². The van der Waals surface area contributed by atoms with Crippen molar-refractivity contribution >= 4 is 13.2 Å². The summed E-state index contributed by atoms with van der Waals surface area (Å²) < 4.78 is 0. The Morgan fingerprint density at radius 3 is 1.33 bits per heavy atom. The van der Waals surface area contributed by atoms with Gasteiger partial charge in [0.1, 0.15) is 11.5 Å². The first-order valence-electron chi connectivity index (χ1n) is 3.65. The van der Waals surface area contributed by atoms with E-state index in [0.29, 0.717) is 21.6 Å². The highest BCUT2D eigenvalue weighted by atomic mass is 16.3. The molecule has 12 heavy (non-hydrogen) atoms. The maximum Gasteiger partial charge on any atom is 0.126 e. The van der Waals surface area contributed by atoms with Crippen molar-refractivity contribution in [2.24, 2.45) is 0 Å². The van der Waals surface area contributed by atoms with Gasteiger partial charge in [-0.05, 0) is 13.8 Å². The molecule has 1 aromatic rings. The van der Waals surface area contributed by atoms with Crippen LogP contribution in [0.4, 0.5) is 0 Å². The van der Waals surface area contributed by atoms with Crippen molar-refractivity contribution in [3.8, 4) is 11.5 Å². The summed E-state index contributed by atoms with van der Waals surface area (Å²) in [5.74, 6) is 0.241. The molecular formula is C10H12O2. The van der Waals surface area contributed by atoms with Gasteiger partial charge < -0.3 is 10.2 Å². The Morgan fingerprint density at radius 2 is 1.08 bits per heavy atom. The average Bonchev–Trinajstić information content (AvgIpc) is 2.08. The lowest BCUT2D eigenvalue weighted by Gasteiger charge is -2.05. The van der Waals surface area contributed by atoms with Crippen LogP contribution in [0, 0.1) is 13.8 Å². The molecule has 0 saturated carbocycles. The molecular weight excluding hydrogens is 152 g/mol. The van der Waals surface area contributed by atoms with Crippen LogP contribution in [-0.2, 0) is 0 Å². The van der Waals surface area contributed by atoms with Crippen LogP contribution in [0.5, 0.6) is 11.5 Å². The number of phenolic OH excluding ortho intramolecular Hbond substituents is 2. The third-order valence-corrected chi connectivity index (χ3v) is 2.19. The van der Waals surface area contributed by atoms with Crippen LogP contribution in [-0.4, -0.2) is 10.2 Å². The molecule has 0 aliphatic rings. The lowest BCUT2D eigenvalue weighted by Crippen LogP contribution is -2.15. The van der Waals surface area contributed by atoms with Gasteiger partial charge in [0.15, 0.2) is 0 Å². The van der Waals surface area contributed by atoms with E-state index in [-0.39, 0.29) is 11.5 Å². The van der Waals surface area contributed by atoms with Crippen LogP contribution in [0.1, 0.15) is 11.1 Å². The minimum absolute atomic E-state index is 0.121. The largest absolute Gasteiger partial charge is 0.507 e. The smallest absolute Gasteiger partial charge is 0.126 e. The number of aromatic hydroxyl groups is 2. The molecule has 0 unspecified atom stereocenters. The topological polar surface area (TPSA) is 40.5 Å². The van der Waals surface area contributed by atoms with Gasteiger partial charge in [-0.2, -0.15) is 0 Å². The summed E-state index contributed by atoms with van der Waals surface area (Å²) in [7, 11) is 0. The zero-order valence-corrected chi connectivity index (χ0v) is 7.31. The Kier molecular flexibility index (Phi) is 1.84. The Bertz CT molecular complexity index is 342. The molecule has 0 fully saturated rings. The normalized spacial score (nSPS) is 10.2. The fourth-order valence-corrected chi connectivity index (χ4v) is 1.09. The molecule has 0 atom stereocenters. The second-order valence-electron chi connectivity index (χ2n) is 2.90. The first-order valence-corrected chi connectivity index (χ1v) is 3.65. The van der Waals surface area contributed by atoms with Gasteiger partial charge in [0.2, 0.25) is 0 Å². The van der Waals surface area contributed by atoms with E-state index in [9.17, 15) is 10.2 Å². The molecule has 0 spiro atoms. The molecule has 2 N–H and O–H groups in total.